The number of hydrogen-bond acceptors (Lipinski definition) is 8. The lowest BCUT2D eigenvalue weighted by Gasteiger charge is -2.17. The Kier molecular flexibility index (Phi) is 7.15. The highest BCUT2D eigenvalue weighted by atomic mass is 16.6. The minimum atomic E-state index is -0.764. The van der Waals surface area contributed by atoms with Gasteiger partial charge in [-0.3, -0.25) is 14.6 Å². The molecule has 0 saturated carbocycles. The Balaban J connectivity index is 1.87. The molecule has 0 spiro atoms. The van der Waals surface area contributed by atoms with E-state index >= 15 is 0 Å². The molecule has 35 heavy (non-hydrogen) atoms. The van der Waals surface area contributed by atoms with Crippen molar-refractivity contribution in [3.05, 3.63) is 82.9 Å². The van der Waals surface area contributed by atoms with Crippen LogP contribution >= 0.6 is 0 Å². The predicted octanol–water partition coefficient (Wildman–Crippen LogP) is 3.94. The summed E-state index contributed by atoms with van der Waals surface area (Å²) in [5.41, 5.74) is 1.02. The van der Waals surface area contributed by atoms with Gasteiger partial charge in [0.1, 0.15) is 30.2 Å². The maximum atomic E-state index is 13.4. The number of rotatable bonds is 8. The summed E-state index contributed by atoms with van der Waals surface area (Å²) in [6, 6.07) is 16.6. The third-order valence-electron chi connectivity index (χ3n) is 5.26. The molecule has 0 aliphatic rings. The van der Waals surface area contributed by atoms with Gasteiger partial charge >= 0.3 is 11.9 Å². The Morgan fingerprint density at radius 2 is 1.69 bits per heavy atom. The van der Waals surface area contributed by atoms with E-state index in [0.717, 1.165) is 10.8 Å². The fourth-order valence-corrected chi connectivity index (χ4v) is 3.64. The molecule has 0 bridgehead atoms. The average molecular weight is 473 g/mol. The van der Waals surface area contributed by atoms with Crippen LogP contribution in [0.15, 0.2) is 71.8 Å². The monoisotopic (exact) mass is 472 g/mol. The molecule has 0 aliphatic heterocycles. The number of aryl methyl sites for hydroxylation is 1. The van der Waals surface area contributed by atoms with E-state index in [2.05, 4.69) is 15.4 Å². The van der Waals surface area contributed by atoms with Crippen LogP contribution in [-0.4, -0.2) is 39.9 Å². The van der Waals surface area contributed by atoms with Crippen LogP contribution in [0.25, 0.3) is 22.0 Å². The zero-order chi connectivity index (χ0) is 24.8. The largest absolute Gasteiger partial charge is 0.462 e. The summed E-state index contributed by atoms with van der Waals surface area (Å²) < 4.78 is 11.5. The Morgan fingerprint density at radius 1 is 0.971 bits per heavy atom. The normalized spacial score (nSPS) is 10.7. The van der Waals surface area contributed by atoms with E-state index in [1.807, 2.05) is 42.5 Å². The van der Waals surface area contributed by atoms with Crippen molar-refractivity contribution in [3.63, 3.8) is 0 Å². The minimum absolute atomic E-state index is 0.0124. The second-order valence-corrected chi connectivity index (χ2v) is 7.59. The molecule has 178 valence electrons. The molecule has 0 atom stereocenters. The molecule has 0 radical (unpaired) electrons. The highest BCUT2D eigenvalue weighted by Crippen LogP contribution is 2.30. The van der Waals surface area contributed by atoms with Crippen LogP contribution in [0.3, 0.4) is 0 Å². The van der Waals surface area contributed by atoms with Gasteiger partial charge in [0, 0.05) is 36.0 Å². The first-order chi connectivity index (χ1) is 17.0. The van der Waals surface area contributed by atoms with Crippen molar-refractivity contribution in [2.45, 2.75) is 20.4 Å². The highest BCUT2D eigenvalue weighted by molar-refractivity contribution is 6.03. The number of ether oxygens (including phenoxy) is 2. The first kappa shape index (κ1) is 23.6. The lowest BCUT2D eigenvalue weighted by molar-refractivity contribution is -0.142. The predicted molar refractivity (Wildman–Crippen MR) is 132 cm³/mol. The van der Waals surface area contributed by atoms with Crippen LogP contribution < -0.4 is 10.9 Å². The van der Waals surface area contributed by atoms with Gasteiger partial charge in [0.05, 0.1) is 11.9 Å². The van der Waals surface area contributed by atoms with Crippen molar-refractivity contribution >= 4 is 34.1 Å². The Hall–Kier alpha value is -4.53. The Bertz CT molecular complexity index is 1430. The summed E-state index contributed by atoms with van der Waals surface area (Å²) in [5, 5.41) is 9.30. The van der Waals surface area contributed by atoms with Gasteiger partial charge in [-0.05, 0) is 6.92 Å². The summed E-state index contributed by atoms with van der Waals surface area (Å²) in [5.74, 6) is -1.25. The van der Waals surface area contributed by atoms with E-state index in [9.17, 15) is 14.4 Å². The van der Waals surface area contributed by atoms with Crippen molar-refractivity contribution in [2.75, 3.05) is 18.5 Å². The second-order valence-electron chi connectivity index (χ2n) is 7.59. The van der Waals surface area contributed by atoms with Gasteiger partial charge in [-0.1, -0.05) is 54.6 Å². The lowest BCUT2D eigenvalue weighted by atomic mass is 10.0. The van der Waals surface area contributed by atoms with E-state index in [0.29, 0.717) is 23.5 Å². The van der Waals surface area contributed by atoms with E-state index in [4.69, 9.17) is 9.47 Å². The molecule has 0 unspecified atom stereocenters. The van der Waals surface area contributed by atoms with Crippen molar-refractivity contribution < 1.29 is 19.1 Å². The molecule has 2 heterocycles. The number of pyridine rings is 1. The van der Waals surface area contributed by atoms with Crippen LogP contribution in [0.5, 0.6) is 0 Å². The minimum Gasteiger partial charge on any atom is -0.462 e. The van der Waals surface area contributed by atoms with Crippen LogP contribution in [-0.2, 0) is 20.8 Å². The highest BCUT2D eigenvalue weighted by Gasteiger charge is 2.26. The number of benzene rings is 2. The molecule has 9 nitrogen and oxygen atoms in total. The SMILES string of the molecule is CCn1nc(-c2ccccc2)c(C(=O)OCCOC(C)=O)c(Nc2cncc3ccccc23)c1=O. The number of fused-ring (bicyclic) bond motifs is 1. The number of hydrogen-bond donors (Lipinski definition) is 1. The standard InChI is InChI=1S/C26H24N4O5/c1-3-30-25(32)24(28-21-16-27-15-19-11-7-8-12-20(19)21)22(26(33)35-14-13-34-17(2)31)23(29-30)18-9-5-4-6-10-18/h4-12,15-16,28H,3,13-14H2,1-2H3. The maximum Gasteiger partial charge on any atom is 0.342 e. The van der Waals surface area contributed by atoms with Crippen LogP contribution in [0, 0.1) is 0 Å². The van der Waals surface area contributed by atoms with Crippen molar-refractivity contribution in [1.29, 1.82) is 0 Å². The first-order valence-electron chi connectivity index (χ1n) is 11.1. The third kappa shape index (κ3) is 5.19. The van der Waals surface area contributed by atoms with Gasteiger partial charge < -0.3 is 14.8 Å². The molecule has 0 aliphatic carbocycles. The number of aromatic nitrogens is 3. The molecule has 4 rings (SSSR count). The van der Waals surface area contributed by atoms with E-state index in [-0.39, 0.29) is 24.5 Å². The number of carbonyl (C=O) groups is 2. The molecule has 0 fully saturated rings. The van der Waals surface area contributed by atoms with E-state index < -0.39 is 17.5 Å². The summed E-state index contributed by atoms with van der Waals surface area (Å²) in [6.07, 6.45) is 3.31. The third-order valence-corrected chi connectivity index (χ3v) is 5.26. The topological polar surface area (TPSA) is 112 Å². The Labute approximate surface area is 201 Å². The summed E-state index contributed by atoms with van der Waals surface area (Å²) in [7, 11) is 0. The number of nitrogens with one attached hydrogen (secondary N) is 1. The van der Waals surface area contributed by atoms with E-state index in [1.54, 1.807) is 31.5 Å². The number of esters is 2. The van der Waals surface area contributed by atoms with Crippen molar-refractivity contribution in [3.8, 4) is 11.3 Å². The lowest BCUT2D eigenvalue weighted by Crippen LogP contribution is -2.29. The molecule has 2 aromatic heterocycles. The maximum absolute atomic E-state index is 13.4. The van der Waals surface area contributed by atoms with E-state index in [1.165, 1.54) is 11.6 Å². The number of anilines is 2. The van der Waals surface area contributed by atoms with Gasteiger partial charge in [0.15, 0.2) is 0 Å². The quantitative estimate of drug-likeness (QED) is 0.303. The molecule has 4 aromatic rings. The van der Waals surface area contributed by atoms with Gasteiger partial charge in [0.2, 0.25) is 0 Å². The summed E-state index contributed by atoms with van der Waals surface area (Å²) in [4.78, 5) is 42.0. The molecular weight excluding hydrogens is 448 g/mol. The number of carbonyl (C=O) groups excluding carboxylic acids is 2. The van der Waals surface area contributed by atoms with Crippen LogP contribution in [0.4, 0.5) is 11.4 Å². The van der Waals surface area contributed by atoms with Crippen molar-refractivity contribution in [1.82, 2.24) is 14.8 Å². The smallest absolute Gasteiger partial charge is 0.342 e. The number of nitrogens with zero attached hydrogens (tertiary/aromatic N) is 3. The fraction of sp³-hybridized carbons (Fsp3) is 0.192. The van der Waals surface area contributed by atoms with Crippen molar-refractivity contribution in [2.24, 2.45) is 0 Å². The molecule has 0 amide bonds. The molecule has 2 aromatic carbocycles. The zero-order valence-corrected chi connectivity index (χ0v) is 19.4. The summed E-state index contributed by atoms with van der Waals surface area (Å²) >= 11 is 0. The zero-order valence-electron chi connectivity index (χ0n) is 19.4. The second kappa shape index (κ2) is 10.6. The molecule has 1 N–H and O–H groups in total. The van der Waals surface area contributed by atoms with Gasteiger partial charge in [0.25, 0.3) is 5.56 Å². The average Bonchev–Trinajstić information content (AvgIpc) is 2.88. The molecule has 9 heteroatoms. The van der Waals surface area contributed by atoms with Gasteiger partial charge in [-0.15, -0.1) is 0 Å². The van der Waals surface area contributed by atoms with Gasteiger partial charge in [-0.25, -0.2) is 9.48 Å². The Morgan fingerprint density at radius 3 is 2.43 bits per heavy atom. The fourth-order valence-electron chi connectivity index (χ4n) is 3.64. The molecular formula is C26H24N4O5. The van der Waals surface area contributed by atoms with Gasteiger partial charge in [-0.2, -0.15) is 5.10 Å². The first-order valence-corrected chi connectivity index (χ1v) is 11.1. The molecule has 0 saturated heterocycles. The van der Waals surface area contributed by atoms with Crippen LogP contribution in [0.1, 0.15) is 24.2 Å². The summed E-state index contributed by atoms with van der Waals surface area (Å²) in [6.45, 7) is 3.09. The van der Waals surface area contributed by atoms with Crippen LogP contribution in [0.2, 0.25) is 0 Å².